The molecule has 0 fully saturated rings. The second kappa shape index (κ2) is 10.6. The highest BCUT2D eigenvalue weighted by Crippen LogP contribution is 2.22. The number of hydrogen-bond acceptors (Lipinski definition) is 4. The fourth-order valence-corrected chi connectivity index (χ4v) is 3.38. The fourth-order valence-electron chi connectivity index (χ4n) is 2.93. The summed E-state index contributed by atoms with van der Waals surface area (Å²) in [7, 11) is -3.57. The van der Waals surface area contributed by atoms with Crippen LogP contribution in [0.1, 0.15) is 65.4 Å². The van der Waals surface area contributed by atoms with Crippen LogP contribution in [-0.2, 0) is 21.5 Å². The summed E-state index contributed by atoms with van der Waals surface area (Å²) in [5.74, 6) is 0.503. The van der Waals surface area contributed by atoms with E-state index in [1.807, 2.05) is 11.0 Å². The smallest absolute Gasteiger partial charge is 0.306 e. The third-order valence-electron chi connectivity index (χ3n) is 4.65. The third kappa shape index (κ3) is 7.36. The van der Waals surface area contributed by atoms with Crippen molar-refractivity contribution in [2.24, 2.45) is 5.92 Å². The second-order valence-electron chi connectivity index (χ2n) is 6.91. The zero-order valence-electron chi connectivity index (χ0n) is 16.7. The molecule has 0 bridgehead atoms. The molecule has 0 aromatic heterocycles. The first kappa shape index (κ1) is 22.5. The standard InChI is InChI=1S/C20H33NO4S/c1-6-9-12-18(8-3)20(22)21(16(4)7-2)15-17-11-10-13-19(14-17)25-26(5,23)24/h10-11,13-14,16,18H,6-9,12,15H2,1-5H3/t16-,18+/m0/s1. The molecule has 6 heteroatoms. The summed E-state index contributed by atoms with van der Waals surface area (Å²) >= 11 is 0. The van der Waals surface area contributed by atoms with Crippen molar-refractivity contribution >= 4 is 16.0 Å². The van der Waals surface area contributed by atoms with Gasteiger partial charge in [-0.2, -0.15) is 8.42 Å². The van der Waals surface area contributed by atoms with Gasteiger partial charge >= 0.3 is 10.1 Å². The number of amides is 1. The molecular formula is C20H33NO4S. The van der Waals surface area contributed by atoms with Crippen molar-refractivity contribution in [3.05, 3.63) is 29.8 Å². The number of unbranched alkanes of at least 4 members (excludes halogenated alkanes) is 1. The first-order chi connectivity index (χ1) is 12.2. The van der Waals surface area contributed by atoms with Gasteiger partial charge in [0.05, 0.1) is 6.26 Å². The third-order valence-corrected chi connectivity index (χ3v) is 5.15. The Morgan fingerprint density at radius 3 is 2.42 bits per heavy atom. The Balaban J connectivity index is 3.00. The lowest BCUT2D eigenvalue weighted by atomic mass is 9.96. The minimum atomic E-state index is -3.57. The second-order valence-corrected chi connectivity index (χ2v) is 8.48. The largest absolute Gasteiger partial charge is 0.383 e. The molecule has 0 unspecified atom stereocenters. The van der Waals surface area contributed by atoms with Crippen molar-refractivity contribution < 1.29 is 17.4 Å². The quantitative estimate of drug-likeness (QED) is 0.532. The van der Waals surface area contributed by atoms with Crippen LogP contribution in [0.4, 0.5) is 0 Å². The van der Waals surface area contributed by atoms with Crippen molar-refractivity contribution in [3.8, 4) is 5.75 Å². The highest BCUT2D eigenvalue weighted by atomic mass is 32.2. The predicted octanol–water partition coefficient (Wildman–Crippen LogP) is 4.37. The van der Waals surface area contributed by atoms with Crippen molar-refractivity contribution in [2.75, 3.05) is 6.26 Å². The number of hydrogen-bond donors (Lipinski definition) is 0. The van der Waals surface area contributed by atoms with Gasteiger partial charge < -0.3 is 9.08 Å². The van der Waals surface area contributed by atoms with Gasteiger partial charge in [-0.15, -0.1) is 0 Å². The molecule has 1 aromatic rings. The zero-order chi connectivity index (χ0) is 19.7. The van der Waals surface area contributed by atoms with E-state index in [2.05, 4.69) is 27.7 Å². The van der Waals surface area contributed by atoms with Crippen LogP contribution in [0, 0.1) is 5.92 Å². The van der Waals surface area contributed by atoms with Gasteiger partial charge in [0.25, 0.3) is 0 Å². The average Bonchev–Trinajstić information content (AvgIpc) is 2.58. The van der Waals surface area contributed by atoms with E-state index in [0.717, 1.165) is 43.9 Å². The number of nitrogens with zero attached hydrogens (tertiary/aromatic N) is 1. The molecule has 1 rings (SSSR count). The first-order valence-electron chi connectivity index (χ1n) is 9.50. The maximum Gasteiger partial charge on any atom is 0.306 e. The summed E-state index contributed by atoms with van der Waals surface area (Å²) < 4.78 is 27.6. The number of carbonyl (C=O) groups is 1. The van der Waals surface area contributed by atoms with Crippen LogP contribution in [0.25, 0.3) is 0 Å². The lowest BCUT2D eigenvalue weighted by molar-refractivity contribution is -0.138. The van der Waals surface area contributed by atoms with E-state index in [1.165, 1.54) is 0 Å². The normalized spacial score (nSPS) is 13.9. The molecule has 0 saturated carbocycles. The molecule has 1 aromatic carbocycles. The molecule has 5 nitrogen and oxygen atoms in total. The lowest BCUT2D eigenvalue weighted by Crippen LogP contribution is -2.41. The number of rotatable bonds is 11. The monoisotopic (exact) mass is 383 g/mol. The Morgan fingerprint density at radius 2 is 1.88 bits per heavy atom. The first-order valence-corrected chi connectivity index (χ1v) is 11.3. The van der Waals surface area contributed by atoms with E-state index in [-0.39, 0.29) is 23.6 Å². The van der Waals surface area contributed by atoms with Crippen LogP contribution in [0.15, 0.2) is 24.3 Å². The Bertz CT molecular complexity index is 672. The van der Waals surface area contributed by atoms with Crippen molar-refractivity contribution in [1.29, 1.82) is 0 Å². The maximum atomic E-state index is 13.1. The van der Waals surface area contributed by atoms with Crippen LogP contribution >= 0.6 is 0 Å². The van der Waals surface area contributed by atoms with Gasteiger partial charge in [0.2, 0.25) is 5.91 Å². The summed E-state index contributed by atoms with van der Waals surface area (Å²) in [5.41, 5.74) is 0.866. The molecule has 0 N–H and O–H groups in total. The highest BCUT2D eigenvalue weighted by molar-refractivity contribution is 7.86. The Hall–Kier alpha value is -1.56. The Kier molecular flexibility index (Phi) is 9.13. The topological polar surface area (TPSA) is 63.7 Å². The van der Waals surface area contributed by atoms with E-state index in [9.17, 15) is 13.2 Å². The van der Waals surface area contributed by atoms with E-state index in [4.69, 9.17) is 4.18 Å². The SMILES string of the molecule is CCCC[C@@H](CC)C(=O)N(Cc1cccc(OS(C)(=O)=O)c1)[C@@H](C)CC. The molecule has 0 aliphatic rings. The van der Waals surface area contributed by atoms with Crippen LogP contribution in [0.5, 0.6) is 5.75 Å². The Labute approximate surface area is 158 Å². The molecule has 0 aliphatic carbocycles. The maximum absolute atomic E-state index is 13.1. The van der Waals surface area contributed by atoms with E-state index in [1.54, 1.807) is 18.2 Å². The van der Waals surface area contributed by atoms with Crippen molar-refractivity contribution in [3.63, 3.8) is 0 Å². The van der Waals surface area contributed by atoms with Crippen molar-refractivity contribution in [1.82, 2.24) is 4.90 Å². The van der Waals surface area contributed by atoms with E-state index >= 15 is 0 Å². The predicted molar refractivity (Wildman–Crippen MR) is 106 cm³/mol. The summed E-state index contributed by atoms with van der Waals surface area (Å²) in [6.45, 7) is 8.78. The fraction of sp³-hybridized carbons (Fsp3) is 0.650. The molecule has 0 saturated heterocycles. The molecule has 148 valence electrons. The van der Waals surface area contributed by atoms with Crippen LogP contribution < -0.4 is 4.18 Å². The average molecular weight is 384 g/mol. The van der Waals surface area contributed by atoms with Gasteiger partial charge in [-0.25, -0.2) is 0 Å². The molecule has 0 heterocycles. The molecule has 1 amide bonds. The van der Waals surface area contributed by atoms with Crippen molar-refractivity contribution in [2.45, 2.75) is 72.4 Å². The van der Waals surface area contributed by atoms with Gasteiger partial charge in [-0.3, -0.25) is 4.79 Å². The zero-order valence-corrected chi connectivity index (χ0v) is 17.5. The molecule has 2 atom stereocenters. The van der Waals surface area contributed by atoms with E-state index < -0.39 is 10.1 Å². The van der Waals surface area contributed by atoms with E-state index in [0.29, 0.717) is 6.54 Å². The van der Waals surface area contributed by atoms with Crippen LogP contribution in [0.2, 0.25) is 0 Å². The number of benzene rings is 1. The van der Waals surface area contributed by atoms with Gasteiger partial charge in [0.15, 0.2) is 0 Å². The highest BCUT2D eigenvalue weighted by Gasteiger charge is 2.26. The molecule has 0 aliphatic heterocycles. The molecule has 26 heavy (non-hydrogen) atoms. The summed E-state index contributed by atoms with van der Waals surface area (Å²) in [6, 6.07) is 7.07. The van der Waals surface area contributed by atoms with Crippen LogP contribution in [-0.4, -0.2) is 31.5 Å². The minimum Gasteiger partial charge on any atom is -0.383 e. The molecule has 0 spiro atoms. The minimum absolute atomic E-state index is 0.0411. The number of carbonyl (C=O) groups excluding carboxylic acids is 1. The van der Waals surface area contributed by atoms with Gasteiger partial charge in [-0.1, -0.05) is 45.7 Å². The molecule has 0 radical (unpaired) electrons. The summed E-state index contributed by atoms with van der Waals surface area (Å²) in [4.78, 5) is 15.0. The van der Waals surface area contributed by atoms with Gasteiger partial charge in [0, 0.05) is 18.5 Å². The lowest BCUT2D eigenvalue weighted by Gasteiger charge is -2.32. The molecular weight excluding hydrogens is 350 g/mol. The van der Waals surface area contributed by atoms with Gasteiger partial charge in [0.1, 0.15) is 5.75 Å². The van der Waals surface area contributed by atoms with Gasteiger partial charge in [-0.05, 0) is 43.9 Å². The summed E-state index contributed by atoms with van der Waals surface area (Å²) in [5, 5.41) is 0. The Morgan fingerprint density at radius 1 is 1.19 bits per heavy atom. The van der Waals surface area contributed by atoms with Crippen LogP contribution in [0.3, 0.4) is 0 Å². The summed E-state index contributed by atoms with van der Waals surface area (Å²) in [6.07, 6.45) is 5.77.